The zero-order valence-electron chi connectivity index (χ0n) is 13.1. The number of halogens is 2. The van der Waals surface area contributed by atoms with Crippen LogP contribution in [0.1, 0.15) is 5.56 Å². The maximum Gasteiger partial charge on any atom is 0.245 e. The highest BCUT2D eigenvalue weighted by Crippen LogP contribution is 2.21. The summed E-state index contributed by atoms with van der Waals surface area (Å²) in [6.07, 6.45) is 0.967. The standard InChI is InChI=1S/C16H16BrFN2O3S/c1-11-8-13(6-7-15(11)17)19-16(21)10-20(24(2,22)23)14-5-3-4-12(18)9-14/h3-9H,10H2,1-2H3,(H,19,21). The van der Waals surface area contributed by atoms with Crippen molar-refractivity contribution in [1.82, 2.24) is 0 Å². The topological polar surface area (TPSA) is 66.5 Å². The highest BCUT2D eigenvalue weighted by molar-refractivity contribution is 9.10. The quantitative estimate of drug-likeness (QED) is 0.815. The van der Waals surface area contributed by atoms with E-state index in [0.29, 0.717) is 5.69 Å². The second kappa shape index (κ2) is 7.31. The number of amides is 1. The first-order chi connectivity index (χ1) is 11.2. The molecule has 0 aliphatic rings. The van der Waals surface area contributed by atoms with Gasteiger partial charge in [-0.25, -0.2) is 12.8 Å². The molecule has 1 amide bonds. The lowest BCUT2D eigenvalue weighted by atomic mass is 10.2. The van der Waals surface area contributed by atoms with E-state index in [2.05, 4.69) is 21.2 Å². The fraction of sp³-hybridized carbons (Fsp3) is 0.188. The molecular formula is C16H16BrFN2O3S. The molecule has 0 fully saturated rings. The Morgan fingerprint density at radius 1 is 1.25 bits per heavy atom. The van der Waals surface area contributed by atoms with E-state index in [1.54, 1.807) is 18.2 Å². The number of rotatable bonds is 5. The van der Waals surface area contributed by atoms with Crippen molar-refractivity contribution in [2.75, 3.05) is 22.4 Å². The van der Waals surface area contributed by atoms with Crippen molar-refractivity contribution in [1.29, 1.82) is 0 Å². The molecule has 8 heteroatoms. The molecule has 128 valence electrons. The lowest BCUT2D eigenvalue weighted by Crippen LogP contribution is -2.37. The molecule has 0 aliphatic carbocycles. The molecule has 5 nitrogen and oxygen atoms in total. The van der Waals surface area contributed by atoms with Gasteiger partial charge >= 0.3 is 0 Å². The number of hydrogen-bond acceptors (Lipinski definition) is 3. The van der Waals surface area contributed by atoms with E-state index in [-0.39, 0.29) is 5.69 Å². The molecule has 0 saturated carbocycles. The summed E-state index contributed by atoms with van der Waals surface area (Å²) in [6, 6.07) is 10.3. The second-order valence-corrected chi connectivity index (χ2v) is 8.02. The third-order valence-corrected chi connectivity index (χ3v) is 5.26. The van der Waals surface area contributed by atoms with Gasteiger partial charge in [0.05, 0.1) is 11.9 Å². The number of hydrogen-bond donors (Lipinski definition) is 1. The van der Waals surface area contributed by atoms with Gasteiger partial charge < -0.3 is 5.32 Å². The maximum atomic E-state index is 13.4. The summed E-state index contributed by atoms with van der Waals surface area (Å²) in [5.41, 5.74) is 1.57. The van der Waals surface area contributed by atoms with E-state index in [1.165, 1.54) is 18.2 Å². The van der Waals surface area contributed by atoms with E-state index in [9.17, 15) is 17.6 Å². The highest BCUT2D eigenvalue weighted by atomic mass is 79.9. The number of aryl methyl sites for hydroxylation is 1. The summed E-state index contributed by atoms with van der Waals surface area (Å²) in [4.78, 5) is 12.2. The summed E-state index contributed by atoms with van der Waals surface area (Å²) in [7, 11) is -3.74. The molecule has 0 atom stereocenters. The summed E-state index contributed by atoms with van der Waals surface area (Å²) in [6.45, 7) is 1.42. The van der Waals surface area contributed by atoms with Gasteiger partial charge in [-0.05, 0) is 48.9 Å². The molecule has 2 rings (SSSR count). The Morgan fingerprint density at radius 2 is 1.96 bits per heavy atom. The Bertz CT molecular complexity index is 871. The number of benzene rings is 2. The van der Waals surface area contributed by atoms with Crippen molar-refractivity contribution in [2.45, 2.75) is 6.92 Å². The van der Waals surface area contributed by atoms with Crippen molar-refractivity contribution in [2.24, 2.45) is 0 Å². The largest absolute Gasteiger partial charge is 0.325 e. The number of sulfonamides is 1. The first-order valence-electron chi connectivity index (χ1n) is 6.96. The van der Waals surface area contributed by atoms with Crippen LogP contribution in [0.5, 0.6) is 0 Å². The molecule has 0 radical (unpaired) electrons. The molecule has 0 aromatic heterocycles. The van der Waals surface area contributed by atoms with Crippen molar-refractivity contribution < 1.29 is 17.6 Å². The molecule has 0 heterocycles. The number of nitrogens with zero attached hydrogens (tertiary/aromatic N) is 1. The number of carbonyl (C=O) groups is 1. The van der Waals surface area contributed by atoms with Crippen LogP contribution in [-0.2, 0) is 14.8 Å². The molecule has 1 N–H and O–H groups in total. The summed E-state index contributed by atoms with van der Waals surface area (Å²) in [5.74, 6) is -1.10. The van der Waals surface area contributed by atoms with E-state index in [4.69, 9.17) is 0 Å². The molecular weight excluding hydrogens is 399 g/mol. The molecule has 24 heavy (non-hydrogen) atoms. The molecule has 0 unspecified atom stereocenters. The van der Waals surface area contributed by atoms with Gasteiger partial charge in [-0.15, -0.1) is 0 Å². The minimum Gasteiger partial charge on any atom is -0.325 e. The predicted octanol–water partition coefficient (Wildman–Crippen LogP) is 3.30. The van der Waals surface area contributed by atoms with Gasteiger partial charge in [0.25, 0.3) is 0 Å². The summed E-state index contributed by atoms with van der Waals surface area (Å²) >= 11 is 3.36. The van der Waals surface area contributed by atoms with Crippen molar-refractivity contribution in [3.8, 4) is 0 Å². The Hall–Kier alpha value is -1.93. The first-order valence-corrected chi connectivity index (χ1v) is 9.60. The van der Waals surface area contributed by atoms with Gasteiger partial charge in [0, 0.05) is 10.2 Å². The smallest absolute Gasteiger partial charge is 0.245 e. The van der Waals surface area contributed by atoms with E-state index in [0.717, 1.165) is 26.7 Å². The SMILES string of the molecule is Cc1cc(NC(=O)CN(c2cccc(F)c2)S(C)(=O)=O)ccc1Br. The van der Waals surface area contributed by atoms with Crippen molar-refractivity contribution in [3.63, 3.8) is 0 Å². The van der Waals surface area contributed by atoms with Crippen LogP contribution >= 0.6 is 15.9 Å². The maximum absolute atomic E-state index is 13.4. The predicted molar refractivity (Wildman–Crippen MR) is 96.1 cm³/mol. The molecule has 2 aromatic rings. The average molecular weight is 415 g/mol. The number of nitrogens with one attached hydrogen (secondary N) is 1. The molecule has 2 aromatic carbocycles. The lowest BCUT2D eigenvalue weighted by Gasteiger charge is -2.22. The van der Waals surface area contributed by atoms with E-state index >= 15 is 0 Å². The molecule has 0 aliphatic heterocycles. The van der Waals surface area contributed by atoms with Crippen LogP contribution < -0.4 is 9.62 Å². The number of carbonyl (C=O) groups excluding carboxylic acids is 1. The minimum absolute atomic E-state index is 0.0969. The molecule has 0 spiro atoms. The number of anilines is 2. The Kier molecular flexibility index (Phi) is 5.61. The van der Waals surface area contributed by atoms with Crippen molar-refractivity contribution in [3.05, 3.63) is 58.3 Å². The van der Waals surface area contributed by atoms with Gasteiger partial charge in [-0.1, -0.05) is 22.0 Å². The van der Waals surface area contributed by atoms with Gasteiger partial charge in [-0.2, -0.15) is 0 Å². The monoisotopic (exact) mass is 414 g/mol. The highest BCUT2D eigenvalue weighted by Gasteiger charge is 2.21. The average Bonchev–Trinajstić information content (AvgIpc) is 2.47. The van der Waals surface area contributed by atoms with Crippen LogP contribution in [0, 0.1) is 12.7 Å². The lowest BCUT2D eigenvalue weighted by molar-refractivity contribution is -0.114. The van der Waals surface area contributed by atoms with Gasteiger partial charge in [0.2, 0.25) is 15.9 Å². The van der Waals surface area contributed by atoms with E-state index in [1.807, 2.05) is 6.92 Å². The Balaban J connectivity index is 2.20. The van der Waals surface area contributed by atoms with Crippen LogP contribution in [-0.4, -0.2) is 27.1 Å². The zero-order valence-corrected chi connectivity index (χ0v) is 15.5. The van der Waals surface area contributed by atoms with Crippen LogP contribution in [0.25, 0.3) is 0 Å². The minimum atomic E-state index is -3.74. The Labute approximate surface area is 148 Å². The van der Waals surface area contributed by atoms with Gasteiger partial charge in [0.15, 0.2) is 0 Å². The third kappa shape index (κ3) is 4.78. The zero-order chi connectivity index (χ0) is 17.9. The molecule has 0 saturated heterocycles. The van der Waals surface area contributed by atoms with E-state index < -0.39 is 28.3 Å². The summed E-state index contributed by atoms with van der Waals surface area (Å²) in [5, 5.41) is 2.64. The van der Waals surface area contributed by atoms with Crippen LogP contribution in [0.2, 0.25) is 0 Å². The van der Waals surface area contributed by atoms with Crippen LogP contribution in [0.15, 0.2) is 46.9 Å². The van der Waals surface area contributed by atoms with Gasteiger partial charge in [0.1, 0.15) is 12.4 Å². The fourth-order valence-corrected chi connectivity index (χ4v) is 3.18. The van der Waals surface area contributed by atoms with Crippen molar-refractivity contribution >= 4 is 43.2 Å². The normalized spacial score (nSPS) is 11.2. The summed E-state index contributed by atoms with van der Waals surface area (Å²) < 4.78 is 39.0. The first kappa shape index (κ1) is 18.4. The second-order valence-electron chi connectivity index (χ2n) is 5.26. The Morgan fingerprint density at radius 3 is 2.54 bits per heavy atom. The fourth-order valence-electron chi connectivity index (χ4n) is 2.08. The van der Waals surface area contributed by atoms with Gasteiger partial charge in [-0.3, -0.25) is 9.10 Å². The molecule has 0 bridgehead atoms. The van der Waals surface area contributed by atoms with Crippen LogP contribution in [0.4, 0.5) is 15.8 Å². The third-order valence-electron chi connectivity index (χ3n) is 3.23. The van der Waals surface area contributed by atoms with Crippen LogP contribution in [0.3, 0.4) is 0 Å².